The van der Waals surface area contributed by atoms with Gasteiger partial charge in [0.1, 0.15) is 28.7 Å². The van der Waals surface area contributed by atoms with Crippen LogP contribution in [0.2, 0.25) is 0 Å². The second-order valence-electron chi connectivity index (χ2n) is 19.8. The third-order valence-corrected chi connectivity index (χ3v) is 13.2. The highest BCUT2D eigenvalue weighted by Gasteiger charge is 2.26. The molecule has 0 unspecified atom stereocenters. The van der Waals surface area contributed by atoms with E-state index in [9.17, 15) is 0 Å². The lowest BCUT2D eigenvalue weighted by molar-refractivity contribution is -0.567. The number of hydrogen-bond donors (Lipinski definition) is 0. The van der Waals surface area contributed by atoms with Crippen LogP contribution in [0.5, 0.6) is 11.5 Å². The molecule has 0 fully saturated rings. The fourth-order valence-electron chi connectivity index (χ4n) is 9.57. The smallest absolute Gasteiger partial charge is 0.255 e. The number of aryl methyl sites for hydroxylation is 1. The molecule has 0 aliphatic heterocycles. The van der Waals surface area contributed by atoms with Crippen LogP contribution in [-0.2, 0) is 10.8 Å². The first kappa shape index (κ1) is 39.2. The number of rotatable bonds is 8. The summed E-state index contributed by atoms with van der Waals surface area (Å²) in [6, 6.07) is 66.7. The van der Waals surface area contributed by atoms with Gasteiger partial charge in [-0.3, -0.25) is 4.57 Å². The second-order valence-corrected chi connectivity index (χ2v) is 19.8. The monoisotopic (exact) mass is 886 g/mol. The molecule has 0 saturated carbocycles. The summed E-state index contributed by atoms with van der Waals surface area (Å²) in [6.45, 7) is 11.2. The van der Waals surface area contributed by atoms with Gasteiger partial charge in [0, 0.05) is 33.2 Å². The summed E-state index contributed by atoms with van der Waals surface area (Å²) < 4.78 is 39.9. The SMILES string of the molecule is [2H]C([2H])([2H])c1cnc(-n2c3ccccc3c3ccc(Oc4cccc(-n5c[n+](-c6cc(C(C)(C)C)cc(C(C)(C)C)c6)c6ccccc65)c4)cc32)cc1-c1c(-c2ccccc2)cccc1-c1ccccc1. The molecule has 332 valence electrons. The van der Waals surface area contributed by atoms with Gasteiger partial charge >= 0.3 is 0 Å². The Morgan fingerprint density at radius 3 is 1.79 bits per heavy atom. The van der Waals surface area contributed by atoms with Crippen LogP contribution in [0.25, 0.3) is 83.4 Å². The summed E-state index contributed by atoms with van der Waals surface area (Å²) in [6.07, 6.45) is 3.72. The van der Waals surface area contributed by atoms with Crippen molar-refractivity contribution in [2.24, 2.45) is 0 Å². The van der Waals surface area contributed by atoms with E-state index in [1.54, 1.807) is 6.20 Å². The van der Waals surface area contributed by atoms with Crippen LogP contribution >= 0.6 is 0 Å². The van der Waals surface area contributed by atoms with Crippen molar-refractivity contribution in [3.8, 4) is 62.1 Å². The third kappa shape index (κ3) is 7.74. The number of aromatic nitrogens is 4. The number of para-hydroxylation sites is 3. The van der Waals surface area contributed by atoms with E-state index in [-0.39, 0.29) is 16.4 Å². The molecule has 0 amide bonds. The highest BCUT2D eigenvalue weighted by molar-refractivity contribution is 6.09. The van der Waals surface area contributed by atoms with E-state index < -0.39 is 6.85 Å². The number of pyridine rings is 1. The molecule has 0 aliphatic rings. The summed E-state index contributed by atoms with van der Waals surface area (Å²) in [5, 5.41) is 2.07. The van der Waals surface area contributed by atoms with E-state index in [2.05, 4.69) is 177 Å². The van der Waals surface area contributed by atoms with Crippen molar-refractivity contribution in [1.82, 2.24) is 14.1 Å². The Bertz CT molecular complexity index is 3710. The maximum atomic E-state index is 8.83. The molecular weight excluding hydrogens is 829 g/mol. The number of hydrogen-bond acceptors (Lipinski definition) is 2. The second kappa shape index (κ2) is 16.7. The van der Waals surface area contributed by atoms with E-state index >= 15 is 0 Å². The van der Waals surface area contributed by atoms with Gasteiger partial charge in [-0.15, -0.1) is 0 Å². The molecule has 5 nitrogen and oxygen atoms in total. The fourth-order valence-corrected chi connectivity index (χ4v) is 9.57. The molecule has 0 atom stereocenters. The summed E-state index contributed by atoms with van der Waals surface area (Å²) in [4.78, 5) is 4.98. The number of nitrogens with zero attached hydrogens (tertiary/aromatic N) is 4. The first-order chi connectivity index (χ1) is 34.1. The van der Waals surface area contributed by atoms with Crippen LogP contribution in [0.15, 0.2) is 207 Å². The first-order valence-corrected chi connectivity index (χ1v) is 23.3. The summed E-state index contributed by atoms with van der Waals surface area (Å²) in [5.74, 6) is 1.93. The van der Waals surface area contributed by atoms with E-state index in [1.807, 2.05) is 78.9 Å². The van der Waals surface area contributed by atoms with Gasteiger partial charge < -0.3 is 4.74 Å². The van der Waals surface area contributed by atoms with Gasteiger partial charge in [0.05, 0.1) is 11.0 Å². The van der Waals surface area contributed by atoms with Crippen molar-refractivity contribution in [2.75, 3.05) is 0 Å². The minimum Gasteiger partial charge on any atom is -0.457 e. The van der Waals surface area contributed by atoms with Crippen LogP contribution in [0.4, 0.5) is 0 Å². The Labute approximate surface area is 403 Å². The number of benzene rings is 8. The summed E-state index contributed by atoms with van der Waals surface area (Å²) >= 11 is 0. The molecule has 68 heavy (non-hydrogen) atoms. The van der Waals surface area contributed by atoms with Crippen molar-refractivity contribution < 1.29 is 13.4 Å². The van der Waals surface area contributed by atoms with Gasteiger partial charge in [0.25, 0.3) is 6.33 Å². The van der Waals surface area contributed by atoms with Crippen LogP contribution in [0, 0.1) is 6.85 Å². The van der Waals surface area contributed by atoms with Gasteiger partial charge in [-0.25, -0.2) is 4.98 Å². The third-order valence-electron chi connectivity index (χ3n) is 13.2. The molecule has 3 aromatic heterocycles. The van der Waals surface area contributed by atoms with Crippen LogP contribution in [-0.4, -0.2) is 14.1 Å². The van der Waals surface area contributed by atoms with Crippen LogP contribution in [0.1, 0.15) is 62.3 Å². The standard InChI is InChI=1S/C63H55N4O/c1-42-40-64-60(39-55(42)61-51(43-20-10-8-11-21-43)27-19-28-52(61)44-22-12-9-13-23-44)67-56-29-15-14-26-53(56)54-33-32-50(38-59(54)67)68-49-25-18-24-47(37-49)65-41-66(58-31-17-16-30-57(58)65)48-35-45(62(2,3)4)34-46(36-48)63(5,6)7/h8-41H,1-7H3/q+1/i1D3. The van der Waals surface area contributed by atoms with Gasteiger partial charge in [0.15, 0.2) is 11.0 Å². The Balaban J connectivity index is 1.03. The summed E-state index contributed by atoms with van der Waals surface area (Å²) in [7, 11) is 0. The van der Waals surface area contributed by atoms with Crippen LogP contribution in [0.3, 0.4) is 0 Å². The Hall–Kier alpha value is -8.02. The predicted molar refractivity (Wildman–Crippen MR) is 282 cm³/mol. The molecule has 11 aromatic rings. The molecular formula is C63H55N4O+. The van der Waals surface area contributed by atoms with Crippen LogP contribution < -0.4 is 9.30 Å². The normalized spacial score (nSPS) is 12.9. The Morgan fingerprint density at radius 1 is 0.515 bits per heavy atom. The van der Waals surface area contributed by atoms with Crippen molar-refractivity contribution >= 4 is 32.8 Å². The lowest BCUT2D eigenvalue weighted by Crippen LogP contribution is -2.31. The zero-order valence-corrected chi connectivity index (χ0v) is 39.3. The zero-order chi connectivity index (χ0) is 49.2. The van der Waals surface area contributed by atoms with Crippen molar-refractivity contribution in [2.45, 2.75) is 59.2 Å². The topological polar surface area (TPSA) is 35.9 Å². The Morgan fingerprint density at radius 2 is 1.12 bits per heavy atom. The maximum absolute atomic E-state index is 8.83. The average molecular weight is 887 g/mol. The molecule has 3 heterocycles. The van der Waals surface area contributed by atoms with Gasteiger partial charge in [-0.05, 0) is 128 Å². The average Bonchev–Trinajstić information content (AvgIpc) is 3.92. The highest BCUT2D eigenvalue weighted by Crippen LogP contribution is 2.43. The fraction of sp³-hybridized carbons (Fsp3) is 0.143. The lowest BCUT2D eigenvalue weighted by atomic mass is 9.80. The minimum absolute atomic E-state index is 0.0247. The van der Waals surface area contributed by atoms with Crippen molar-refractivity contribution in [3.63, 3.8) is 0 Å². The predicted octanol–water partition coefficient (Wildman–Crippen LogP) is 16.1. The summed E-state index contributed by atoms with van der Waals surface area (Å²) in [5.41, 5.74) is 14.1. The van der Waals surface area contributed by atoms with E-state index in [4.69, 9.17) is 13.8 Å². The molecule has 0 N–H and O–H groups in total. The molecule has 5 heteroatoms. The van der Waals surface area contributed by atoms with Crippen molar-refractivity contribution in [1.29, 1.82) is 0 Å². The van der Waals surface area contributed by atoms with Gasteiger partial charge in [0.2, 0.25) is 0 Å². The molecule has 0 bridgehead atoms. The minimum atomic E-state index is -2.45. The number of imidazole rings is 1. The number of fused-ring (bicyclic) bond motifs is 4. The molecule has 0 aliphatic carbocycles. The molecule has 0 radical (unpaired) electrons. The number of ether oxygens (including phenoxy) is 1. The molecule has 8 aromatic carbocycles. The van der Waals surface area contributed by atoms with Crippen molar-refractivity contribution in [3.05, 3.63) is 223 Å². The van der Waals surface area contributed by atoms with Gasteiger partial charge in [-0.2, -0.15) is 9.13 Å². The molecule has 0 saturated heterocycles. The largest absolute Gasteiger partial charge is 0.457 e. The molecule has 0 spiro atoms. The van der Waals surface area contributed by atoms with E-state index in [1.165, 1.54) is 11.1 Å². The van der Waals surface area contributed by atoms with Gasteiger partial charge in [-0.1, -0.05) is 163 Å². The zero-order valence-electron chi connectivity index (χ0n) is 42.3. The molecule has 11 rings (SSSR count). The van der Waals surface area contributed by atoms with E-state index in [0.717, 1.165) is 72.0 Å². The highest BCUT2D eigenvalue weighted by atomic mass is 16.5. The first-order valence-electron chi connectivity index (χ1n) is 24.8. The maximum Gasteiger partial charge on any atom is 0.255 e. The quantitative estimate of drug-likeness (QED) is 0.143. The Kier molecular flexibility index (Phi) is 9.62. The lowest BCUT2D eigenvalue weighted by Gasteiger charge is -2.25. The van der Waals surface area contributed by atoms with E-state index in [0.29, 0.717) is 22.9 Å².